The van der Waals surface area contributed by atoms with Gasteiger partial charge in [0.1, 0.15) is 0 Å². The van der Waals surface area contributed by atoms with Crippen molar-refractivity contribution in [3.8, 4) is 0 Å². The van der Waals surface area contributed by atoms with E-state index in [1.165, 1.54) is 4.31 Å². The Kier molecular flexibility index (Phi) is 11.8. The van der Waals surface area contributed by atoms with Gasteiger partial charge in [-0.2, -0.15) is 0 Å². The molecule has 0 saturated heterocycles. The molecule has 0 fully saturated rings. The van der Waals surface area contributed by atoms with Crippen molar-refractivity contribution < 1.29 is 13.2 Å². The Hall–Kier alpha value is -1.11. The molecule has 0 radical (unpaired) electrons. The smallest absolute Gasteiger partial charge is 0.236 e. The Morgan fingerprint density at radius 1 is 1.24 bits per heavy atom. The maximum absolute atomic E-state index is 12.7. The van der Waals surface area contributed by atoms with Gasteiger partial charge >= 0.3 is 0 Å². The second-order valence-corrected chi connectivity index (χ2v) is 8.86. The second-order valence-electron chi connectivity index (χ2n) is 6.84. The number of halogens is 1. The fourth-order valence-corrected chi connectivity index (χ4v) is 4.61. The first-order chi connectivity index (χ1) is 13.5. The van der Waals surface area contributed by atoms with Crippen molar-refractivity contribution in [2.75, 3.05) is 70.6 Å². The molecular weight excluding hydrogens is 505 g/mol. The minimum atomic E-state index is -3.36. The van der Waals surface area contributed by atoms with Crippen molar-refractivity contribution >= 4 is 45.6 Å². The van der Waals surface area contributed by atoms with E-state index >= 15 is 0 Å². The Morgan fingerprint density at radius 3 is 2.69 bits per heavy atom. The SMILES string of the molecule is CN=C(NCCN(C)CCCOC)NCCS(=O)(=O)N1CCc2ccccc21.I. The molecule has 0 bridgehead atoms. The lowest BCUT2D eigenvalue weighted by Crippen LogP contribution is -2.44. The van der Waals surface area contributed by atoms with Gasteiger partial charge in [-0.3, -0.25) is 9.30 Å². The average molecular weight is 539 g/mol. The highest BCUT2D eigenvalue weighted by Gasteiger charge is 2.28. The molecule has 1 aliphatic rings. The van der Waals surface area contributed by atoms with Crippen LogP contribution in [0.4, 0.5) is 5.69 Å². The molecule has 8 nitrogen and oxygen atoms in total. The first-order valence-electron chi connectivity index (χ1n) is 9.68. The first-order valence-corrected chi connectivity index (χ1v) is 11.3. The van der Waals surface area contributed by atoms with Crippen molar-refractivity contribution in [3.05, 3.63) is 29.8 Å². The molecular formula is C19H34IN5O3S. The topological polar surface area (TPSA) is 86.3 Å². The summed E-state index contributed by atoms with van der Waals surface area (Å²) in [6, 6.07) is 7.68. The molecule has 166 valence electrons. The van der Waals surface area contributed by atoms with E-state index in [2.05, 4.69) is 27.6 Å². The number of nitrogens with one attached hydrogen (secondary N) is 2. The number of aliphatic imine (C=N–C) groups is 1. The summed E-state index contributed by atoms with van der Waals surface area (Å²) in [5, 5.41) is 6.31. The monoisotopic (exact) mass is 539 g/mol. The van der Waals surface area contributed by atoms with Crippen molar-refractivity contribution in [1.29, 1.82) is 0 Å². The van der Waals surface area contributed by atoms with E-state index in [-0.39, 0.29) is 29.7 Å². The minimum absolute atomic E-state index is 0. The number of para-hydroxylation sites is 1. The Morgan fingerprint density at radius 2 is 1.97 bits per heavy atom. The Bertz CT molecular complexity index is 745. The molecule has 1 aliphatic heterocycles. The number of rotatable bonds is 11. The van der Waals surface area contributed by atoms with Gasteiger partial charge in [-0.05, 0) is 31.5 Å². The summed E-state index contributed by atoms with van der Waals surface area (Å²) in [7, 11) is 2.10. The normalized spacial score (nSPS) is 13.9. The van der Waals surface area contributed by atoms with E-state index in [9.17, 15) is 8.42 Å². The van der Waals surface area contributed by atoms with E-state index < -0.39 is 10.0 Å². The Balaban J connectivity index is 0.00000420. The predicted octanol–water partition coefficient (Wildman–Crippen LogP) is 1.13. The average Bonchev–Trinajstić information content (AvgIpc) is 3.12. The number of benzene rings is 1. The van der Waals surface area contributed by atoms with Gasteiger partial charge < -0.3 is 20.3 Å². The number of hydrogen-bond acceptors (Lipinski definition) is 5. The van der Waals surface area contributed by atoms with E-state index in [0.29, 0.717) is 19.0 Å². The highest BCUT2D eigenvalue weighted by Crippen LogP contribution is 2.29. The van der Waals surface area contributed by atoms with Crippen molar-refractivity contribution in [3.63, 3.8) is 0 Å². The largest absolute Gasteiger partial charge is 0.385 e. The van der Waals surface area contributed by atoms with Gasteiger partial charge in [0, 0.05) is 53.5 Å². The van der Waals surface area contributed by atoms with Crippen molar-refractivity contribution in [1.82, 2.24) is 15.5 Å². The van der Waals surface area contributed by atoms with Gasteiger partial charge in [0.05, 0.1) is 11.4 Å². The molecule has 29 heavy (non-hydrogen) atoms. The maximum atomic E-state index is 12.7. The molecule has 0 aromatic heterocycles. The number of nitrogens with zero attached hydrogens (tertiary/aromatic N) is 3. The molecule has 0 spiro atoms. The van der Waals surface area contributed by atoms with Crippen LogP contribution in [-0.2, 0) is 21.2 Å². The number of likely N-dealkylation sites (N-methyl/N-ethyl adjacent to an activating group) is 1. The molecule has 0 atom stereocenters. The van der Waals surface area contributed by atoms with E-state index in [4.69, 9.17) is 4.74 Å². The number of fused-ring (bicyclic) bond motifs is 1. The molecule has 0 saturated carbocycles. The molecule has 0 unspecified atom stereocenters. The number of sulfonamides is 1. The van der Waals surface area contributed by atoms with Crippen LogP contribution in [0.2, 0.25) is 0 Å². The summed E-state index contributed by atoms with van der Waals surface area (Å²) in [4.78, 5) is 6.38. The van der Waals surface area contributed by atoms with Gasteiger partial charge in [0.2, 0.25) is 10.0 Å². The zero-order valence-electron chi connectivity index (χ0n) is 17.6. The lowest BCUT2D eigenvalue weighted by atomic mass is 10.2. The second kappa shape index (κ2) is 13.2. The van der Waals surface area contributed by atoms with Crippen LogP contribution >= 0.6 is 24.0 Å². The summed E-state index contributed by atoms with van der Waals surface area (Å²) >= 11 is 0. The van der Waals surface area contributed by atoms with Crippen LogP contribution < -0.4 is 14.9 Å². The lowest BCUT2D eigenvalue weighted by Gasteiger charge is -2.20. The van der Waals surface area contributed by atoms with Crippen LogP contribution in [0.1, 0.15) is 12.0 Å². The standard InChI is InChI=1S/C19H33N5O3S.HI/c1-20-19(21-10-14-23(2)12-6-15-27-3)22-11-16-28(25,26)24-13-9-17-7-4-5-8-18(17)24;/h4-5,7-8H,6,9-16H2,1-3H3,(H2,20,21,22);1H. The molecule has 1 aromatic rings. The summed E-state index contributed by atoms with van der Waals surface area (Å²) in [6.07, 6.45) is 1.77. The highest BCUT2D eigenvalue weighted by molar-refractivity contribution is 14.0. The third-order valence-electron chi connectivity index (χ3n) is 4.73. The molecule has 1 aromatic carbocycles. The van der Waals surface area contributed by atoms with Crippen molar-refractivity contribution in [2.45, 2.75) is 12.8 Å². The van der Waals surface area contributed by atoms with E-state index in [1.54, 1.807) is 14.2 Å². The van der Waals surface area contributed by atoms with Gasteiger partial charge in [-0.25, -0.2) is 8.42 Å². The number of hydrogen-bond donors (Lipinski definition) is 2. The first kappa shape index (κ1) is 25.9. The lowest BCUT2D eigenvalue weighted by molar-refractivity contribution is 0.180. The zero-order valence-corrected chi connectivity index (χ0v) is 20.7. The molecule has 0 amide bonds. The van der Waals surface area contributed by atoms with Gasteiger partial charge in [-0.15, -0.1) is 24.0 Å². The number of ether oxygens (including phenoxy) is 1. The van der Waals surface area contributed by atoms with Crippen LogP contribution in [0.5, 0.6) is 0 Å². The third-order valence-corrected chi connectivity index (χ3v) is 6.50. The van der Waals surface area contributed by atoms with Crippen molar-refractivity contribution in [2.24, 2.45) is 4.99 Å². The third kappa shape index (κ3) is 8.27. The number of anilines is 1. The number of methoxy groups -OCH3 is 1. The fourth-order valence-electron chi connectivity index (χ4n) is 3.18. The molecule has 0 aliphatic carbocycles. The van der Waals surface area contributed by atoms with Gasteiger partial charge in [0.15, 0.2) is 5.96 Å². The maximum Gasteiger partial charge on any atom is 0.236 e. The summed E-state index contributed by atoms with van der Waals surface area (Å²) in [6.45, 7) is 4.16. The molecule has 10 heteroatoms. The van der Waals surface area contributed by atoms with Crippen LogP contribution in [0, 0.1) is 0 Å². The van der Waals surface area contributed by atoms with Crippen LogP contribution in [0.15, 0.2) is 29.3 Å². The van der Waals surface area contributed by atoms with Gasteiger partial charge in [-0.1, -0.05) is 18.2 Å². The predicted molar refractivity (Wildman–Crippen MR) is 130 cm³/mol. The molecule has 2 N–H and O–H groups in total. The summed E-state index contributed by atoms with van der Waals surface area (Å²) < 4.78 is 32.0. The molecule has 1 heterocycles. The molecule has 2 rings (SSSR count). The highest BCUT2D eigenvalue weighted by atomic mass is 127. The van der Waals surface area contributed by atoms with Gasteiger partial charge in [0.25, 0.3) is 0 Å². The van der Waals surface area contributed by atoms with Crippen LogP contribution in [0.25, 0.3) is 0 Å². The fraction of sp³-hybridized carbons (Fsp3) is 0.632. The van der Waals surface area contributed by atoms with Crippen LogP contribution in [-0.4, -0.2) is 85.6 Å². The number of guanidine groups is 1. The van der Waals surface area contributed by atoms with E-state index in [0.717, 1.165) is 50.3 Å². The quantitative estimate of drug-likeness (QED) is 0.190. The zero-order chi connectivity index (χ0) is 20.4. The minimum Gasteiger partial charge on any atom is -0.385 e. The summed E-state index contributed by atoms with van der Waals surface area (Å²) in [5.74, 6) is 0.640. The van der Waals surface area contributed by atoms with E-state index in [1.807, 2.05) is 24.3 Å². The summed E-state index contributed by atoms with van der Waals surface area (Å²) in [5.41, 5.74) is 1.90. The Labute approximate surface area is 192 Å². The van der Waals surface area contributed by atoms with Crippen LogP contribution in [0.3, 0.4) is 0 Å².